The summed E-state index contributed by atoms with van der Waals surface area (Å²) >= 11 is 6.49. The third-order valence-corrected chi connectivity index (χ3v) is 6.90. The molecular formula is C32H39ClN2O2. The number of rotatable bonds is 12. The summed E-state index contributed by atoms with van der Waals surface area (Å²) < 4.78 is 0. The van der Waals surface area contributed by atoms with Crippen LogP contribution in [0.3, 0.4) is 0 Å². The van der Waals surface area contributed by atoms with Gasteiger partial charge in [-0.25, -0.2) is 0 Å². The van der Waals surface area contributed by atoms with Crippen molar-refractivity contribution in [3.8, 4) is 0 Å². The summed E-state index contributed by atoms with van der Waals surface area (Å²) in [4.78, 5) is 29.0. The number of benzene rings is 3. The molecule has 0 aliphatic rings. The molecule has 196 valence electrons. The van der Waals surface area contributed by atoms with Crippen LogP contribution in [0.5, 0.6) is 0 Å². The van der Waals surface area contributed by atoms with E-state index in [-0.39, 0.29) is 18.4 Å². The zero-order valence-corrected chi connectivity index (χ0v) is 23.2. The van der Waals surface area contributed by atoms with Gasteiger partial charge in [0.2, 0.25) is 11.8 Å². The van der Waals surface area contributed by atoms with Gasteiger partial charge in [-0.15, -0.1) is 0 Å². The van der Waals surface area contributed by atoms with E-state index in [1.807, 2.05) is 54.6 Å². The Morgan fingerprint density at radius 2 is 1.49 bits per heavy atom. The lowest BCUT2D eigenvalue weighted by molar-refractivity contribution is -0.141. The van der Waals surface area contributed by atoms with Crippen LogP contribution < -0.4 is 5.32 Å². The first-order valence-electron chi connectivity index (χ1n) is 13.2. The summed E-state index contributed by atoms with van der Waals surface area (Å²) in [6.45, 7) is 9.29. The van der Waals surface area contributed by atoms with E-state index in [0.29, 0.717) is 42.7 Å². The first kappa shape index (κ1) is 28.5. The molecule has 0 heterocycles. The molecule has 2 amide bonds. The van der Waals surface area contributed by atoms with Crippen LogP contribution in [0.25, 0.3) is 0 Å². The summed E-state index contributed by atoms with van der Waals surface area (Å²) in [5.41, 5.74) is 4.22. The van der Waals surface area contributed by atoms with E-state index in [4.69, 9.17) is 11.6 Å². The number of hydrogen-bond donors (Lipinski definition) is 1. The molecule has 0 unspecified atom stereocenters. The smallest absolute Gasteiger partial charge is 0.243 e. The molecule has 1 N–H and O–H groups in total. The van der Waals surface area contributed by atoms with Crippen LogP contribution in [-0.2, 0) is 29.0 Å². The zero-order valence-electron chi connectivity index (χ0n) is 22.4. The minimum Gasteiger partial charge on any atom is -0.354 e. The third kappa shape index (κ3) is 8.75. The second-order valence-corrected chi connectivity index (χ2v) is 10.8. The molecule has 0 saturated heterocycles. The Morgan fingerprint density at radius 3 is 2.11 bits per heavy atom. The number of hydrogen-bond acceptors (Lipinski definition) is 2. The van der Waals surface area contributed by atoms with Crippen LogP contribution in [0.15, 0.2) is 78.9 Å². The molecule has 0 saturated carbocycles. The van der Waals surface area contributed by atoms with E-state index in [1.165, 1.54) is 5.56 Å². The van der Waals surface area contributed by atoms with Crippen molar-refractivity contribution in [2.45, 2.75) is 65.5 Å². The third-order valence-electron chi connectivity index (χ3n) is 6.53. The summed E-state index contributed by atoms with van der Waals surface area (Å²) in [5, 5.41) is 3.65. The standard InChI is InChI=1S/C32H39ClN2O2/c1-23(2)21-34-32(37)30(20-26-10-6-5-7-11-26)35(22-28-12-8-9-13-29(28)33)31(36)19-16-25-14-17-27(18-15-25)24(3)4/h5-15,17-18,23-24,30H,16,19-22H2,1-4H3,(H,34,37)/t30-/m0/s1. The van der Waals surface area contributed by atoms with E-state index >= 15 is 0 Å². The molecule has 5 heteroatoms. The number of carbonyl (C=O) groups is 2. The average molecular weight is 519 g/mol. The Balaban J connectivity index is 1.88. The average Bonchev–Trinajstić information content (AvgIpc) is 2.89. The number of aryl methyl sites for hydroxylation is 1. The zero-order chi connectivity index (χ0) is 26.8. The fourth-order valence-electron chi connectivity index (χ4n) is 4.25. The fraction of sp³-hybridized carbons (Fsp3) is 0.375. The van der Waals surface area contributed by atoms with Gasteiger partial charge in [0.05, 0.1) is 0 Å². The summed E-state index contributed by atoms with van der Waals surface area (Å²) in [6, 6.07) is 25.2. The largest absolute Gasteiger partial charge is 0.354 e. The second kappa shape index (κ2) is 14.0. The molecule has 3 aromatic rings. The Hall–Kier alpha value is -3.11. The molecule has 0 spiro atoms. The van der Waals surface area contributed by atoms with E-state index in [9.17, 15) is 9.59 Å². The highest BCUT2D eigenvalue weighted by Crippen LogP contribution is 2.22. The number of amides is 2. The van der Waals surface area contributed by atoms with Crippen molar-refractivity contribution in [2.75, 3.05) is 6.54 Å². The van der Waals surface area contributed by atoms with Gasteiger partial charge in [-0.1, -0.05) is 112 Å². The van der Waals surface area contributed by atoms with Crippen molar-refractivity contribution in [2.24, 2.45) is 5.92 Å². The van der Waals surface area contributed by atoms with E-state index < -0.39 is 6.04 Å². The maximum absolute atomic E-state index is 13.8. The molecular weight excluding hydrogens is 480 g/mol. The normalized spacial score (nSPS) is 12.0. The lowest BCUT2D eigenvalue weighted by Crippen LogP contribution is -2.51. The van der Waals surface area contributed by atoms with Crippen LogP contribution in [-0.4, -0.2) is 29.3 Å². The van der Waals surface area contributed by atoms with Crippen LogP contribution in [0.4, 0.5) is 0 Å². The highest BCUT2D eigenvalue weighted by Gasteiger charge is 2.30. The molecule has 0 aromatic heterocycles. The highest BCUT2D eigenvalue weighted by molar-refractivity contribution is 6.31. The lowest BCUT2D eigenvalue weighted by atomic mass is 9.99. The monoisotopic (exact) mass is 518 g/mol. The second-order valence-electron chi connectivity index (χ2n) is 10.4. The van der Waals surface area contributed by atoms with Crippen LogP contribution >= 0.6 is 11.6 Å². The quantitative estimate of drug-likeness (QED) is 0.286. The van der Waals surface area contributed by atoms with Gasteiger partial charge in [0, 0.05) is 31.0 Å². The fourth-order valence-corrected chi connectivity index (χ4v) is 4.45. The minimum atomic E-state index is -0.645. The Morgan fingerprint density at radius 1 is 0.838 bits per heavy atom. The molecule has 3 rings (SSSR count). The van der Waals surface area contributed by atoms with Crippen molar-refractivity contribution < 1.29 is 9.59 Å². The number of halogens is 1. The van der Waals surface area contributed by atoms with Crippen LogP contribution in [0.1, 0.15) is 62.3 Å². The molecule has 0 aliphatic carbocycles. The van der Waals surface area contributed by atoms with Gasteiger partial charge in [0.25, 0.3) is 0 Å². The Labute approximate surface area is 227 Å². The van der Waals surface area contributed by atoms with Gasteiger partial charge in [0.15, 0.2) is 0 Å². The van der Waals surface area contributed by atoms with Crippen molar-refractivity contribution in [1.29, 1.82) is 0 Å². The number of nitrogens with zero attached hydrogens (tertiary/aromatic N) is 1. The molecule has 37 heavy (non-hydrogen) atoms. The molecule has 0 radical (unpaired) electrons. The molecule has 0 aliphatic heterocycles. The van der Waals surface area contributed by atoms with Crippen molar-refractivity contribution in [3.63, 3.8) is 0 Å². The van der Waals surface area contributed by atoms with E-state index in [0.717, 1.165) is 16.7 Å². The Bertz CT molecular complexity index is 1140. The first-order valence-corrected chi connectivity index (χ1v) is 13.6. The summed E-state index contributed by atoms with van der Waals surface area (Å²) in [7, 11) is 0. The maximum atomic E-state index is 13.8. The summed E-state index contributed by atoms with van der Waals surface area (Å²) in [6.07, 6.45) is 1.36. The Kier molecular flexibility index (Phi) is 10.8. The van der Waals surface area contributed by atoms with Gasteiger partial charge < -0.3 is 10.2 Å². The summed E-state index contributed by atoms with van der Waals surface area (Å²) in [5.74, 6) is 0.570. The van der Waals surface area contributed by atoms with Gasteiger partial charge in [0.1, 0.15) is 6.04 Å². The van der Waals surface area contributed by atoms with Crippen molar-refractivity contribution in [1.82, 2.24) is 10.2 Å². The van der Waals surface area contributed by atoms with Gasteiger partial charge in [-0.2, -0.15) is 0 Å². The van der Waals surface area contributed by atoms with Crippen molar-refractivity contribution in [3.05, 3.63) is 106 Å². The SMILES string of the molecule is CC(C)CNC(=O)[C@H](Cc1ccccc1)N(Cc1ccccc1Cl)C(=O)CCc1ccc(C(C)C)cc1. The van der Waals surface area contributed by atoms with Crippen LogP contribution in [0, 0.1) is 5.92 Å². The van der Waals surface area contributed by atoms with E-state index in [2.05, 4.69) is 57.3 Å². The predicted molar refractivity (Wildman–Crippen MR) is 153 cm³/mol. The highest BCUT2D eigenvalue weighted by atomic mass is 35.5. The van der Waals surface area contributed by atoms with Gasteiger partial charge in [-0.05, 0) is 46.6 Å². The molecule has 0 bridgehead atoms. The maximum Gasteiger partial charge on any atom is 0.243 e. The first-order chi connectivity index (χ1) is 17.7. The molecule has 0 fully saturated rings. The minimum absolute atomic E-state index is 0.0616. The van der Waals surface area contributed by atoms with E-state index in [1.54, 1.807) is 4.90 Å². The topological polar surface area (TPSA) is 49.4 Å². The van der Waals surface area contributed by atoms with Crippen molar-refractivity contribution >= 4 is 23.4 Å². The van der Waals surface area contributed by atoms with Gasteiger partial charge >= 0.3 is 0 Å². The molecule has 4 nitrogen and oxygen atoms in total. The lowest BCUT2D eigenvalue weighted by Gasteiger charge is -2.32. The molecule has 3 aromatic carbocycles. The molecule has 1 atom stereocenters. The number of nitrogens with one attached hydrogen (secondary N) is 1. The van der Waals surface area contributed by atoms with Gasteiger partial charge in [-0.3, -0.25) is 9.59 Å². The number of carbonyl (C=O) groups excluding carboxylic acids is 2. The van der Waals surface area contributed by atoms with Crippen LogP contribution in [0.2, 0.25) is 5.02 Å². The predicted octanol–water partition coefficient (Wildman–Crippen LogP) is 6.81.